The van der Waals surface area contributed by atoms with Gasteiger partial charge >= 0.3 is 5.65 Å². The molecule has 2 N–H and O–H groups in total. The fourth-order valence-electron chi connectivity index (χ4n) is 4.33. The van der Waals surface area contributed by atoms with E-state index in [-0.39, 0.29) is 0 Å². The first-order valence-corrected chi connectivity index (χ1v) is 11.9. The van der Waals surface area contributed by atoms with Gasteiger partial charge in [-0.1, -0.05) is 36.4 Å². The van der Waals surface area contributed by atoms with Crippen LogP contribution in [0.5, 0.6) is 0 Å². The molecule has 0 aliphatic carbocycles. The van der Waals surface area contributed by atoms with Crippen LogP contribution >= 0.6 is 11.8 Å². The number of hydrogen-bond acceptors (Lipinski definition) is 3. The van der Waals surface area contributed by atoms with Crippen LogP contribution in [0, 0.1) is 5.92 Å². The van der Waals surface area contributed by atoms with Crippen molar-refractivity contribution in [2.75, 3.05) is 19.3 Å². The quantitative estimate of drug-likeness (QED) is 0.365. The Kier molecular flexibility index (Phi) is 5.56. The van der Waals surface area contributed by atoms with Crippen molar-refractivity contribution in [1.82, 2.24) is 15.4 Å². The zero-order valence-electron chi connectivity index (χ0n) is 17.3. The van der Waals surface area contributed by atoms with E-state index in [4.69, 9.17) is 4.98 Å². The smallest absolute Gasteiger partial charge is 0.317 e. The summed E-state index contributed by atoms with van der Waals surface area (Å²) in [5.74, 6) is 0.813. The number of thioether (sulfide) groups is 1. The highest BCUT2D eigenvalue weighted by Crippen LogP contribution is 2.27. The molecule has 0 saturated carbocycles. The van der Waals surface area contributed by atoms with E-state index >= 15 is 0 Å². The molecule has 1 fully saturated rings. The van der Waals surface area contributed by atoms with Crippen molar-refractivity contribution in [3.8, 4) is 22.3 Å². The molecule has 3 heterocycles. The summed E-state index contributed by atoms with van der Waals surface area (Å²) in [6.07, 6.45) is 12.0. The van der Waals surface area contributed by atoms with Crippen LogP contribution in [0.25, 0.3) is 27.9 Å². The van der Waals surface area contributed by atoms with Crippen molar-refractivity contribution in [1.29, 1.82) is 0 Å². The second-order valence-corrected chi connectivity index (χ2v) is 8.93. The van der Waals surface area contributed by atoms with Crippen molar-refractivity contribution < 1.29 is 4.52 Å². The molecule has 152 valence electrons. The second kappa shape index (κ2) is 8.62. The van der Waals surface area contributed by atoms with Crippen LogP contribution in [0.1, 0.15) is 18.4 Å². The average molecular weight is 416 g/mol. The number of nitrogens with one attached hydrogen (secondary N) is 2. The zero-order chi connectivity index (χ0) is 20.3. The molecule has 0 unspecified atom stereocenters. The Morgan fingerprint density at radius 1 is 1.03 bits per heavy atom. The predicted molar refractivity (Wildman–Crippen MR) is 124 cm³/mol. The average Bonchev–Trinajstić information content (AvgIpc) is 3.24. The van der Waals surface area contributed by atoms with Crippen LogP contribution in [0.3, 0.4) is 0 Å². The van der Waals surface area contributed by atoms with Gasteiger partial charge in [0.25, 0.3) is 0 Å². The maximum Gasteiger partial charge on any atom is 0.355 e. The molecule has 1 saturated heterocycles. The summed E-state index contributed by atoms with van der Waals surface area (Å²) in [5.41, 5.74) is 7.00. The van der Waals surface area contributed by atoms with Crippen molar-refractivity contribution in [2.45, 2.75) is 24.2 Å². The molecular formula is C25H27N4S+. The third-order valence-electron chi connectivity index (χ3n) is 6.06. The third kappa shape index (κ3) is 4.00. The summed E-state index contributed by atoms with van der Waals surface area (Å²) in [6, 6.07) is 17.6. The lowest BCUT2D eigenvalue weighted by Crippen LogP contribution is -2.28. The maximum absolute atomic E-state index is 4.78. The van der Waals surface area contributed by atoms with Crippen LogP contribution in [-0.2, 0) is 6.42 Å². The van der Waals surface area contributed by atoms with Crippen LogP contribution in [0.4, 0.5) is 0 Å². The molecule has 2 aromatic heterocycles. The molecule has 0 amide bonds. The Labute approximate surface area is 181 Å². The Morgan fingerprint density at radius 3 is 2.67 bits per heavy atom. The van der Waals surface area contributed by atoms with Gasteiger partial charge in [0, 0.05) is 4.90 Å². The first-order chi connectivity index (χ1) is 14.8. The van der Waals surface area contributed by atoms with Crippen molar-refractivity contribution in [2.24, 2.45) is 5.92 Å². The number of aromatic nitrogens is 3. The van der Waals surface area contributed by atoms with Crippen LogP contribution in [0.15, 0.2) is 72.0 Å². The molecule has 0 atom stereocenters. The van der Waals surface area contributed by atoms with Gasteiger partial charge in [0.1, 0.15) is 6.20 Å². The van der Waals surface area contributed by atoms with Crippen LogP contribution in [-0.4, -0.2) is 29.4 Å². The largest absolute Gasteiger partial charge is 0.355 e. The number of H-pyrrole nitrogens is 1. The molecule has 4 aromatic rings. The number of aromatic amines is 1. The first kappa shape index (κ1) is 19.3. The molecule has 0 spiro atoms. The van der Waals surface area contributed by atoms with E-state index < -0.39 is 0 Å². The number of rotatable bonds is 5. The number of hydrogen-bond donors (Lipinski definition) is 2. The summed E-state index contributed by atoms with van der Waals surface area (Å²) in [7, 11) is 0. The minimum absolute atomic E-state index is 0.813. The summed E-state index contributed by atoms with van der Waals surface area (Å²) in [6.45, 7) is 2.32. The lowest BCUT2D eigenvalue weighted by molar-refractivity contribution is -0.578. The fourth-order valence-corrected chi connectivity index (χ4v) is 4.79. The van der Waals surface area contributed by atoms with Gasteiger partial charge in [0.15, 0.2) is 6.20 Å². The number of benzene rings is 2. The van der Waals surface area contributed by atoms with Crippen molar-refractivity contribution in [3.05, 3.63) is 72.7 Å². The summed E-state index contributed by atoms with van der Waals surface area (Å²) in [5, 5.41) is 6.79. The monoisotopic (exact) mass is 415 g/mol. The van der Waals surface area contributed by atoms with Crippen molar-refractivity contribution in [3.63, 3.8) is 0 Å². The Hall–Kier alpha value is -2.63. The van der Waals surface area contributed by atoms with E-state index in [1.807, 2.05) is 16.9 Å². The zero-order valence-corrected chi connectivity index (χ0v) is 18.1. The molecule has 5 rings (SSSR count). The number of fused-ring (bicyclic) bond motifs is 1. The number of piperidine rings is 1. The summed E-state index contributed by atoms with van der Waals surface area (Å²) < 4.78 is 2.01. The normalized spacial score (nSPS) is 15.0. The van der Waals surface area contributed by atoms with E-state index in [1.165, 1.54) is 40.8 Å². The van der Waals surface area contributed by atoms with E-state index in [9.17, 15) is 0 Å². The standard InChI is InChI=1S/C25H26N4S/c1-30-23-4-2-3-21(14-23)24-16-28-29-17-22(15-27-25(24)29)20-7-5-18(6-8-20)13-19-9-11-26-12-10-19/h2-8,14-17,19,26H,9-13H2,1H3/p+1. The Bertz CT molecular complexity index is 1140. The summed E-state index contributed by atoms with van der Waals surface area (Å²) >= 11 is 1.76. The summed E-state index contributed by atoms with van der Waals surface area (Å²) in [4.78, 5) is 6.04. The molecule has 30 heavy (non-hydrogen) atoms. The van der Waals surface area contributed by atoms with Gasteiger partial charge in [-0.2, -0.15) is 0 Å². The number of nitrogens with zero attached hydrogens (tertiary/aromatic N) is 2. The van der Waals surface area contributed by atoms with Crippen molar-refractivity contribution >= 4 is 17.4 Å². The van der Waals surface area contributed by atoms with Crippen LogP contribution in [0.2, 0.25) is 0 Å². The van der Waals surface area contributed by atoms with Gasteiger partial charge in [-0.3, -0.25) is 0 Å². The third-order valence-corrected chi connectivity index (χ3v) is 6.79. The first-order valence-electron chi connectivity index (χ1n) is 10.6. The molecular weight excluding hydrogens is 388 g/mol. The second-order valence-electron chi connectivity index (χ2n) is 8.05. The molecule has 4 nitrogen and oxygen atoms in total. The lowest BCUT2D eigenvalue weighted by atomic mass is 9.90. The molecule has 5 heteroatoms. The SMILES string of the molecule is CSc1cccc(-c2c[nH][n+]3cc(-c4ccc(CC5CCNCC5)cc4)cnc23)c1. The topological polar surface area (TPSA) is 44.8 Å². The Balaban J connectivity index is 1.39. The van der Waals surface area contributed by atoms with Gasteiger partial charge in [-0.25, -0.2) is 5.10 Å². The van der Waals surface area contributed by atoms with Crippen LogP contribution < -0.4 is 9.83 Å². The lowest BCUT2D eigenvalue weighted by Gasteiger charge is -2.22. The Morgan fingerprint density at radius 2 is 1.87 bits per heavy atom. The molecule has 2 aromatic carbocycles. The maximum atomic E-state index is 4.78. The minimum atomic E-state index is 0.813. The molecule has 0 radical (unpaired) electrons. The minimum Gasteiger partial charge on any atom is -0.317 e. The highest BCUT2D eigenvalue weighted by atomic mass is 32.2. The van der Waals surface area contributed by atoms with E-state index in [2.05, 4.69) is 71.4 Å². The van der Waals surface area contributed by atoms with E-state index in [1.54, 1.807) is 11.8 Å². The van der Waals surface area contributed by atoms with Gasteiger partial charge in [0.2, 0.25) is 0 Å². The van der Waals surface area contributed by atoms with Gasteiger partial charge in [0.05, 0.1) is 17.3 Å². The van der Waals surface area contributed by atoms with E-state index in [0.717, 1.165) is 35.8 Å². The van der Waals surface area contributed by atoms with Gasteiger partial charge in [-0.15, -0.1) is 16.3 Å². The van der Waals surface area contributed by atoms with Gasteiger partial charge in [-0.05, 0) is 78.3 Å². The molecule has 0 bridgehead atoms. The van der Waals surface area contributed by atoms with E-state index in [0.29, 0.717) is 0 Å². The highest BCUT2D eigenvalue weighted by molar-refractivity contribution is 7.98. The highest BCUT2D eigenvalue weighted by Gasteiger charge is 2.17. The molecule has 1 aliphatic rings. The molecule has 1 aliphatic heterocycles. The van der Waals surface area contributed by atoms with Gasteiger partial charge < -0.3 is 5.32 Å². The fraction of sp³-hybridized carbons (Fsp3) is 0.280. The predicted octanol–water partition coefficient (Wildman–Crippen LogP) is 4.75.